The van der Waals surface area contributed by atoms with Crippen molar-refractivity contribution in [2.24, 2.45) is 5.92 Å². The third kappa shape index (κ3) is 4.74. The molecule has 1 aromatic carbocycles. The van der Waals surface area contributed by atoms with Crippen molar-refractivity contribution < 1.29 is 14.7 Å². The number of carboxylic acids is 1. The van der Waals surface area contributed by atoms with E-state index in [0.29, 0.717) is 16.4 Å². The maximum absolute atomic E-state index is 12.3. The fourth-order valence-corrected chi connectivity index (χ4v) is 3.67. The quantitative estimate of drug-likeness (QED) is 0.655. The molecule has 2 aromatic rings. The maximum Gasteiger partial charge on any atom is 0.329 e. The Hall–Kier alpha value is -2.05. The number of hydrogen-bond donors (Lipinski definition) is 3. The molecule has 2 unspecified atom stereocenters. The van der Waals surface area contributed by atoms with E-state index in [9.17, 15) is 14.7 Å². The first kappa shape index (κ1) is 19.3. The van der Waals surface area contributed by atoms with Gasteiger partial charge in [-0.2, -0.15) is 0 Å². The molecule has 0 aliphatic carbocycles. The predicted octanol–water partition coefficient (Wildman–Crippen LogP) is 4.64. The lowest BCUT2D eigenvalue weighted by Gasteiger charge is -2.35. The molecule has 0 saturated heterocycles. The summed E-state index contributed by atoms with van der Waals surface area (Å²) in [6.07, 6.45) is 0.819. The molecule has 0 aliphatic heterocycles. The lowest BCUT2D eigenvalue weighted by Crippen LogP contribution is -2.59. The number of hydrogen-bond acceptors (Lipinski definition) is 3. The Bertz CT molecular complexity index is 735. The molecule has 5 nitrogen and oxygen atoms in total. The summed E-state index contributed by atoms with van der Waals surface area (Å²) in [5, 5.41) is 16.8. The Morgan fingerprint density at radius 1 is 1.32 bits per heavy atom. The Kier molecular flexibility index (Phi) is 6.45. The minimum atomic E-state index is -1.36. The van der Waals surface area contributed by atoms with Crippen molar-refractivity contribution in [3.63, 3.8) is 0 Å². The van der Waals surface area contributed by atoms with E-state index in [1.807, 2.05) is 37.3 Å². The minimum absolute atomic E-state index is 0.272. The van der Waals surface area contributed by atoms with E-state index >= 15 is 0 Å². The largest absolute Gasteiger partial charge is 0.479 e. The standard InChI is InChI=1S/C18H21ClN2O3S/c1-3-18(16(22)23,12(2)9-13-7-5-4-6-8-13)21-17(24)20-14-10-15(19)25-11-14/h4-8,10-12H,3,9H2,1-2H3,(H,22,23)(H2,20,21,24). The second-order valence-electron chi connectivity index (χ2n) is 5.94. The van der Waals surface area contributed by atoms with Crippen LogP contribution in [0.1, 0.15) is 25.8 Å². The van der Waals surface area contributed by atoms with Gasteiger partial charge in [0.2, 0.25) is 0 Å². The van der Waals surface area contributed by atoms with Crippen molar-refractivity contribution in [1.82, 2.24) is 5.32 Å². The Labute approximate surface area is 156 Å². The van der Waals surface area contributed by atoms with E-state index < -0.39 is 17.5 Å². The third-order valence-corrected chi connectivity index (χ3v) is 5.42. The van der Waals surface area contributed by atoms with Gasteiger partial charge >= 0.3 is 12.0 Å². The zero-order chi connectivity index (χ0) is 18.4. The molecule has 0 radical (unpaired) electrons. The molecule has 0 bridgehead atoms. The van der Waals surface area contributed by atoms with E-state index in [-0.39, 0.29) is 12.3 Å². The lowest BCUT2D eigenvalue weighted by molar-refractivity contribution is -0.146. The zero-order valence-electron chi connectivity index (χ0n) is 14.1. The number of halogens is 1. The molecule has 0 saturated carbocycles. The molecule has 1 heterocycles. The van der Waals surface area contributed by atoms with Crippen LogP contribution < -0.4 is 10.6 Å². The highest BCUT2D eigenvalue weighted by atomic mass is 35.5. The van der Waals surface area contributed by atoms with Crippen LogP contribution >= 0.6 is 22.9 Å². The van der Waals surface area contributed by atoms with Crippen LogP contribution in [0, 0.1) is 5.92 Å². The second kappa shape index (κ2) is 8.36. The first-order valence-electron chi connectivity index (χ1n) is 7.98. The van der Waals surface area contributed by atoms with Crippen LogP contribution in [-0.4, -0.2) is 22.6 Å². The van der Waals surface area contributed by atoms with Crippen LogP contribution in [0.2, 0.25) is 4.34 Å². The van der Waals surface area contributed by atoms with Crippen LogP contribution in [0.4, 0.5) is 10.5 Å². The van der Waals surface area contributed by atoms with E-state index in [0.717, 1.165) is 5.56 Å². The van der Waals surface area contributed by atoms with E-state index in [2.05, 4.69) is 10.6 Å². The average molecular weight is 381 g/mol. The number of carbonyl (C=O) groups excluding carboxylic acids is 1. The number of urea groups is 1. The molecule has 25 heavy (non-hydrogen) atoms. The van der Waals surface area contributed by atoms with E-state index in [1.165, 1.54) is 11.3 Å². The van der Waals surface area contributed by atoms with E-state index in [4.69, 9.17) is 11.6 Å². The molecular formula is C18H21ClN2O3S. The van der Waals surface area contributed by atoms with Gasteiger partial charge in [-0.15, -0.1) is 11.3 Å². The Morgan fingerprint density at radius 2 is 2.00 bits per heavy atom. The highest BCUT2D eigenvalue weighted by molar-refractivity contribution is 7.14. The van der Waals surface area contributed by atoms with Crippen LogP contribution in [-0.2, 0) is 11.2 Å². The molecule has 2 rings (SSSR count). The molecule has 1 aromatic heterocycles. The molecule has 2 atom stereocenters. The predicted molar refractivity (Wildman–Crippen MR) is 101 cm³/mol. The van der Waals surface area contributed by atoms with Crippen molar-refractivity contribution in [1.29, 1.82) is 0 Å². The Balaban J connectivity index is 2.15. The fraction of sp³-hybridized carbons (Fsp3) is 0.333. The van der Waals surface area contributed by atoms with Crippen molar-refractivity contribution >= 4 is 40.6 Å². The van der Waals surface area contributed by atoms with Gasteiger partial charge in [0.1, 0.15) is 5.54 Å². The smallest absolute Gasteiger partial charge is 0.329 e. The zero-order valence-corrected chi connectivity index (χ0v) is 15.7. The summed E-state index contributed by atoms with van der Waals surface area (Å²) in [7, 11) is 0. The van der Waals surface area contributed by atoms with Crippen LogP contribution in [0.15, 0.2) is 41.8 Å². The Morgan fingerprint density at radius 3 is 2.52 bits per heavy atom. The van der Waals surface area contributed by atoms with Crippen LogP contribution in [0.25, 0.3) is 0 Å². The van der Waals surface area contributed by atoms with Gasteiger partial charge in [0, 0.05) is 5.38 Å². The van der Waals surface area contributed by atoms with Gasteiger partial charge in [-0.3, -0.25) is 0 Å². The van der Waals surface area contributed by atoms with Gasteiger partial charge in [0.25, 0.3) is 0 Å². The molecule has 0 spiro atoms. The molecule has 134 valence electrons. The third-order valence-electron chi connectivity index (χ3n) is 4.33. The summed E-state index contributed by atoms with van der Waals surface area (Å²) in [6, 6.07) is 10.7. The number of carboxylic acid groups (broad SMARTS) is 1. The van der Waals surface area contributed by atoms with Gasteiger partial charge in [0.15, 0.2) is 0 Å². The number of carbonyl (C=O) groups is 2. The van der Waals surface area contributed by atoms with Crippen LogP contribution in [0.3, 0.4) is 0 Å². The van der Waals surface area contributed by atoms with E-state index in [1.54, 1.807) is 18.4 Å². The van der Waals surface area contributed by atoms with Gasteiger partial charge in [0.05, 0.1) is 10.0 Å². The summed E-state index contributed by atoms with van der Waals surface area (Å²) in [5.41, 5.74) is 0.208. The molecule has 7 heteroatoms. The van der Waals surface area contributed by atoms with Crippen molar-refractivity contribution in [3.05, 3.63) is 51.7 Å². The number of rotatable bonds is 7. The highest BCUT2D eigenvalue weighted by Gasteiger charge is 2.43. The summed E-state index contributed by atoms with van der Waals surface area (Å²) >= 11 is 7.14. The maximum atomic E-state index is 12.3. The van der Waals surface area contributed by atoms with Gasteiger partial charge in [-0.1, -0.05) is 55.8 Å². The summed E-state index contributed by atoms with van der Waals surface area (Å²) in [6.45, 7) is 3.60. The number of nitrogens with one attached hydrogen (secondary N) is 2. The number of benzene rings is 1. The molecular weight excluding hydrogens is 360 g/mol. The molecule has 3 N–H and O–H groups in total. The molecule has 2 amide bonds. The summed E-state index contributed by atoms with van der Waals surface area (Å²) in [4.78, 5) is 24.3. The summed E-state index contributed by atoms with van der Waals surface area (Å²) in [5.74, 6) is -1.34. The number of amides is 2. The lowest BCUT2D eigenvalue weighted by atomic mass is 9.79. The average Bonchev–Trinajstić information content (AvgIpc) is 2.98. The van der Waals surface area contributed by atoms with Crippen molar-refractivity contribution in [3.8, 4) is 0 Å². The van der Waals surface area contributed by atoms with Crippen molar-refractivity contribution in [2.75, 3.05) is 5.32 Å². The molecule has 0 aliphatic rings. The normalized spacial score (nSPS) is 14.4. The summed E-state index contributed by atoms with van der Waals surface area (Å²) < 4.78 is 0.549. The number of thiophene rings is 1. The monoisotopic (exact) mass is 380 g/mol. The first-order valence-corrected chi connectivity index (χ1v) is 9.23. The van der Waals surface area contributed by atoms with Crippen LogP contribution in [0.5, 0.6) is 0 Å². The highest BCUT2D eigenvalue weighted by Crippen LogP contribution is 2.27. The van der Waals surface area contributed by atoms with Crippen molar-refractivity contribution in [2.45, 2.75) is 32.2 Å². The van der Waals surface area contributed by atoms with Gasteiger partial charge < -0.3 is 15.7 Å². The number of anilines is 1. The minimum Gasteiger partial charge on any atom is -0.479 e. The second-order valence-corrected chi connectivity index (χ2v) is 7.48. The topological polar surface area (TPSA) is 78.4 Å². The SMILES string of the molecule is CCC(NC(=O)Nc1csc(Cl)c1)(C(=O)O)C(C)Cc1ccccc1. The van der Waals surface area contributed by atoms with Gasteiger partial charge in [-0.25, -0.2) is 9.59 Å². The van der Waals surface area contributed by atoms with Gasteiger partial charge in [-0.05, 0) is 30.4 Å². The molecule has 0 fully saturated rings. The number of aliphatic carboxylic acids is 1. The fourth-order valence-electron chi connectivity index (χ4n) is 2.86. The first-order chi connectivity index (χ1) is 11.9.